The second kappa shape index (κ2) is 7.49. The van der Waals surface area contributed by atoms with Gasteiger partial charge in [0.15, 0.2) is 5.65 Å². The van der Waals surface area contributed by atoms with Crippen LogP contribution in [0.2, 0.25) is 0 Å². The van der Waals surface area contributed by atoms with E-state index in [1.165, 1.54) is 12.1 Å². The molecule has 3 aromatic heterocycles. The molecule has 1 aliphatic rings. The Hall–Kier alpha value is -3.33. The largest absolute Gasteiger partial charge is 0.380 e. The fraction of sp³-hybridized carbons (Fsp3) is 0.286. The molecule has 0 bridgehead atoms. The number of fused-ring (bicyclic) bond motifs is 1. The van der Waals surface area contributed by atoms with Crippen LogP contribution in [-0.2, 0) is 11.3 Å². The van der Waals surface area contributed by atoms with Crippen LogP contribution < -0.4 is 4.90 Å². The van der Waals surface area contributed by atoms with Crippen LogP contribution in [0.1, 0.15) is 30.0 Å². The lowest BCUT2D eigenvalue weighted by atomic mass is 10.0. The highest BCUT2D eigenvalue weighted by molar-refractivity contribution is 5.61. The summed E-state index contributed by atoms with van der Waals surface area (Å²) < 4.78 is 36.7. The third-order valence-corrected chi connectivity index (χ3v) is 5.39. The molecule has 0 radical (unpaired) electrons. The van der Waals surface area contributed by atoms with Gasteiger partial charge in [-0.3, -0.25) is 0 Å². The number of ether oxygens (including phenoxy) is 1. The molecule has 7 nitrogen and oxygen atoms in total. The molecule has 1 aliphatic heterocycles. The Morgan fingerprint density at radius 1 is 1.17 bits per heavy atom. The molecule has 0 saturated carbocycles. The number of hydrogen-bond acceptors (Lipinski definition) is 5. The van der Waals surface area contributed by atoms with Gasteiger partial charge in [-0.15, -0.1) is 0 Å². The van der Waals surface area contributed by atoms with Crippen molar-refractivity contribution in [3.63, 3.8) is 0 Å². The predicted molar refractivity (Wildman–Crippen MR) is 107 cm³/mol. The van der Waals surface area contributed by atoms with Gasteiger partial charge in [-0.1, -0.05) is 0 Å². The molecule has 0 spiro atoms. The van der Waals surface area contributed by atoms with Gasteiger partial charge in [-0.05, 0) is 37.1 Å². The molecular weight excluding hydrogens is 390 g/mol. The molecule has 154 valence electrons. The highest BCUT2D eigenvalue weighted by atomic mass is 19.1. The normalized spacial score (nSPS) is 16.6. The van der Waals surface area contributed by atoms with Crippen LogP contribution in [0.15, 0.2) is 49.1 Å². The molecule has 0 amide bonds. The summed E-state index contributed by atoms with van der Waals surface area (Å²) in [5.74, 6) is -0.147. The lowest BCUT2D eigenvalue weighted by molar-refractivity contribution is 0.185. The predicted octanol–water partition coefficient (Wildman–Crippen LogP) is 3.68. The summed E-state index contributed by atoms with van der Waals surface area (Å²) in [7, 11) is 1.63. The van der Waals surface area contributed by atoms with E-state index >= 15 is 0 Å². The van der Waals surface area contributed by atoms with Crippen molar-refractivity contribution in [2.24, 2.45) is 0 Å². The Kier molecular flexibility index (Phi) is 4.66. The second-order valence-corrected chi connectivity index (χ2v) is 7.33. The molecule has 1 fully saturated rings. The number of methoxy groups -OCH3 is 1. The van der Waals surface area contributed by atoms with Crippen molar-refractivity contribution < 1.29 is 13.5 Å². The van der Waals surface area contributed by atoms with Crippen molar-refractivity contribution in [1.82, 2.24) is 24.4 Å². The summed E-state index contributed by atoms with van der Waals surface area (Å²) >= 11 is 0. The molecule has 5 rings (SSSR count). The van der Waals surface area contributed by atoms with E-state index in [0.29, 0.717) is 30.2 Å². The number of hydrogen-bond donors (Lipinski definition) is 0. The first-order chi connectivity index (χ1) is 14.6. The van der Waals surface area contributed by atoms with Gasteiger partial charge >= 0.3 is 0 Å². The quantitative estimate of drug-likeness (QED) is 0.502. The Morgan fingerprint density at radius 3 is 2.93 bits per heavy atom. The number of rotatable bonds is 5. The third kappa shape index (κ3) is 3.21. The molecule has 1 unspecified atom stereocenters. The van der Waals surface area contributed by atoms with Gasteiger partial charge in [0.1, 0.15) is 23.1 Å². The van der Waals surface area contributed by atoms with Gasteiger partial charge in [0.05, 0.1) is 25.0 Å². The standard InChI is InChI=1S/C21H20F2N6O/c1-30-13-14-10-24-29(12-14)19-11-25-28-8-6-20(26-21(19)28)27-7-2-3-18(27)16-9-15(22)4-5-17(16)23/h4-6,8-12,18H,2-3,7,13H2,1H3. The minimum atomic E-state index is -0.440. The van der Waals surface area contributed by atoms with Crippen molar-refractivity contribution in [3.8, 4) is 5.69 Å². The Balaban J connectivity index is 1.53. The summed E-state index contributed by atoms with van der Waals surface area (Å²) in [6.07, 6.45) is 8.73. The van der Waals surface area contributed by atoms with Crippen molar-refractivity contribution in [2.45, 2.75) is 25.5 Å². The first-order valence-electron chi connectivity index (χ1n) is 9.73. The number of benzene rings is 1. The molecule has 1 aromatic carbocycles. The van der Waals surface area contributed by atoms with Crippen molar-refractivity contribution in [1.29, 1.82) is 0 Å². The van der Waals surface area contributed by atoms with Crippen molar-refractivity contribution in [2.75, 3.05) is 18.6 Å². The molecule has 4 aromatic rings. The summed E-state index contributed by atoms with van der Waals surface area (Å²) in [6, 6.07) is 5.19. The molecule has 9 heteroatoms. The Morgan fingerprint density at radius 2 is 2.07 bits per heavy atom. The van der Waals surface area contributed by atoms with Crippen LogP contribution in [0.25, 0.3) is 11.3 Å². The molecule has 4 heterocycles. The molecule has 0 N–H and O–H groups in total. The van der Waals surface area contributed by atoms with Gasteiger partial charge < -0.3 is 9.64 Å². The van der Waals surface area contributed by atoms with E-state index in [2.05, 4.69) is 10.2 Å². The molecular formula is C21H20F2N6O. The van der Waals surface area contributed by atoms with Crippen LogP contribution in [0, 0.1) is 11.6 Å². The van der Waals surface area contributed by atoms with E-state index in [0.717, 1.165) is 30.2 Å². The second-order valence-electron chi connectivity index (χ2n) is 7.33. The lowest BCUT2D eigenvalue weighted by Gasteiger charge is -2.26. The van der Waals surface area contributed by atoms with Crippen LogP contribution in [0.5, 0.6) is 0 Å². The Labute approximate surface area is 171 Å². The smallest absolute Gasteiger partial charge is 0.183 e. The maximum atomic E-state index is 14.4. The molecule has 0 aliphatic carbocycles. The van der Waals surface area contributed by atoms with Gasteiger partial charge in [0, 0.05) is 37.2 Å². The van der Waals surface area contributed by atoms with E-state index in [9.17, 15) is 8.78 Å². The monoisotopic (exact) mass is 410 g/mol. The average Bonchev–Trinajstić information content (AvgIpc) is 3.48. The fourth-order valence-electron chi connectivity index (χ4n) is 4.04. The maximum absolute atomic E-state index is 14.4. The summed E-state index contributed by atoms with van der Waals surface area (Å²) in [5.41, 5.74) is 2.66. The summed E-state index contributed by atoms with van der Waals surface area (Å²) in [5, 5.41) is 8.73. The third-order valence-electron chi connectivity index (χ3n) is 5.39. The van der Waals surface area contributed by atoms with Gasteiger partial charge in [0.2, 0.25) is 0 Å². The highest BCUT2D eigenvalue weighted by Crippen LogP contribution is 2.37. The molecule has 1 atom stereocenters. The highest BCUT2D eigenvalue weighted by Gasteiger charge is 2.30. The summed E-state index contributed by atoms with van der Waals surface area (Å²) in [6.45, 7) is 1.18. The Bertz CT molecular complexity index is 1200. The number of anilines is 1. The van der Waals surface area contributed by atoms with E-state index in [1.807, 2.05) is 23.4 Å². The zero-order valence-electron chi connectivity index (χ0n) is 16.4. The van der Waals surface area contributed by atoms with Gasteiger partial charge in [-0.2, -0.15) is 10.2 Å². The fourth-order valence-corrected chi connectivity index (χ4v) is 4.04. The number of nitrogens with zero attached hydrogens (tertiary/aromatic N) is 6. The number of halogens is 2. The zero-order chi connectivity index (χ0) is 20.7. The number of aromatic nitrogens is 5. The van der Waals surface area contributed by atoms with Crippen LogP contribution in [-0.4, -0.2) is 38.0 Å². The van der Waals surface area contributed by atoms with Crippen molar-refractivity contribution in [3.05, 3.63) is 71.8 Å². The minimum Gasteiger partial charge on any atom is -0.380 e. The van der Waals surface area contributed by atoms with Crippen LogP contribution in [0.3, 0.4) is 0 Å². The molecule has 1 saturated heterocycles. The van der Waals surface area contributed by atoms with E-state index in [-0.39, 0.29) is 6.04 Å². The van der Waals surface area contributed by atoms with Crippen LogP contribution in [0.4, 0.5) is 14.6 Å². The van der Waals surface area contributed by atoms with E-state index in [4.69, 9.17) is 9.72 Å². The molecule has 30 heavy (non-hydrogen) atoms. The van der Waals surface area contributed by atoms with Crippen LogP contribution >= 0.6 is 0 Å². The van der Waals surface area contributed by atoms with Gasteiger partial charge in [0.25, 0.3) is 0 Å². The first-order valence-corrected chi connectivity index (χ1v) is 9.73. The van der Waals surface area contributed by atoms with Gasteiger partial charge in [-0.25, -0.2) is 23.0 Å². The summed E-state index contributed by atoms with van der Waals surface area (Å²) in [4.78, 5) is 6.82. The first kappa shape index (κ1) is 18.7. The average molecular weight is 410 g/mol. The zero-order valence-corrected chi connectivity index (χ0v) is 16.4. The minimum absolute atomic E-state index is 0.264. The SMILES string of the molecule is COCc1cnn(-c2cnn3ccc(N4CCCC4c4cc(F)ccc4F)nc23)c1. The lowest BCUT2D eigenvalue weighted by Crippen LogP contribution is -2.24. The maximum Gasteiger partial charge on any atom is 0.183 e. The van der Waals surface area contributed by atoms with E-state index < -0.39 is 11.6 Å². The van der Waals surface area contributed by atoms with Crippen molar-refractivity contribution >= 4 is 11.5 Å². The topological polar surface area (TPSA) is 60.5 Å². The van der Waals surface area contributed by atoms with E-state index in [1.54, 1.807) is 28.7 Å².